The van der Waals surface area contributed by atoms with Crippen LogP contribution in [0.5, 0.6) is 0 Å². The number of nitrogens with one attached hydrogen (secondary N) is 1. The third-order valence-electron chi connectivity index (χ3n) is 4.00. The molecule has 0 bridgehead atoms. The van der Waals surface area contributed by atoms with Gasteiger partial charge in [-0.25, -0.2) is 13.4 Å². The van der Waals surface area contributed by atoms with Crippen LogP contribution in [0.3, 0.4) is 0 Å². The number of aryl methyl sites for hydroxylation is 1. The molecule has 6 nitrogen and oxygen atoms in total. The molecule has 1 N–H and O–H groups in total. The monoisotopic (exact) mass is 380 g/mol. The van der Waals surface area contributed by atoms with Crippen molar-refractivity contribution in [3.05, 3.63) is 54.1 Å². The molecule has 7 heteroatoms. The number of fused-ring (bicyclic) bond motifs is 1. The Balaban J connectivity index is 0.000000353. The number of aromatic nitrogens is 2. The Morgan fingerprint density at radius 1 is 1.27 bits per heavy atom. The van der Waals surface area contributed by atoms with Crippen LogP contribution in [-0.2, 0) is 23.6 Å². The van der Waals surface area contributed by atoms with Crippen LogP contribution in [0.4, 0.5) is 0 Å². The highest BCUT2D eigenvalue weighted by molar-refractivity contribution is 7.88. The third-order valence-corrected chi connectivity index (χ3v) is 5.25. The Kier molecular flexibility index (Phi) is 9.54. The lowest BCUT2D eigenvalue weighted by Gasteiger charge is -2.18. The van der Waals surface area contributed by atoms with Crippen LogP contribution in [0.25, 0.3) is 0 Å². The summed E-state index contributed by atoms with van der Waals surface area (Å²) in [5, 5.41) is 3.43. The van der Waals surface area contributed by atoms with Crippen LogP contribution in [0, 0.1) is 0 Å². The van der Waals surface area contributed by atoms with Crippen LogP contribution in [0.2, 0.25) is 0 Å². The first-order valence-corrected chi connectivity index (χ1v) is 10.9. The van der Waals surface area contributed by atoms with Crippen LogP contribution in [0.15, 0.2) is 43.0 Å². The quantitative estimate of drug-likeness (QED) is 0.889. The zero-order valence-electron chi connectivity index (χ0n) is 16.5. The van der Waals surface area contributed by atoms with E-state index in [1.165, 1.54) is 11.8 Å². The van der Waals surface area contributed by atoms with Gasteiger partial charge in [0.05, 0.1) is 12.6 Å². The van der Waals surface area contributed by atoms with Gasteiger partial charge in [0.2, 0.25) is 10.0 Å². The SMILES string of the molecule is CC.CCNC1CCN(S(C)(=O)=O)Cc2ccccc21.Cn1ccnc1. The predicted molar refractivity (Wildman–Crippen MR) is 107 cm³/mol. The van der Waals surface area contributed by atoms with Crippen molar-refractivity contribution in [2.24, 2.45) is 7.05 Å². The van der Waals surface area contributed by atoms with E-state index in [0.29, 0.717) is 13.1 Å². The van der Waals surface area contributed by atoms with E-state index in [-0.39, 0.29) is 6.04 Å². The Hall–Kier alpha value is -1.70. The van der Waals surface area contributed by atoms with Gasteiger partial charge < -0.3 is 9.88 Å². The molecule has 1 aliphatic heterocycles. The fourth-order valence-electron chi connectivity index (χ4n) is 2.78. The smallest absolute Gasteiger partial charge is 0.211 e. The van der Waals surface area contributed by atoms with Gasteiger partial charge in [-0.15, -0.1) is 0 Å². The summed E-state index contributed by atoms with van der Waals surface area (Å²) in [4.78, 5) is 3.78. The van der Waals surface area contributed by atoms with E-state index in [9.17, 15) is 8.42 Å². The van der Waals surface area contributed by atoms with Crippen LogP contribution < -0.4 is 5.32 Å². The summed E-state index contributed by atoms with van der Waals surface area (Å²) in [6, 6.07) is 8.34. The zero-order valence-corrected chi connectivity index (χ0v) is 17.3. The van der Waals surface area contributed by atoms with E-state index in [4.69, 9.17) is 0 Å². The third kappa shape index (κ3) is 6.90. The summed E-state index contributed by atoms with van der Waals surface area (Å²) in [6.45, 7) is 8.02. The minimum Gasteiger partial charge on any atom is -0.341 e. The lowest BCUT2D eigenvalue weighted by Crippen LogP contribution is -2.30. The Bertz CT molecular complexity index is 730. The molecule has 2 heterocycles. The highest BCUT2D eigenvalue weighted by Crippen LogP contribution is 2.27. The molecule has 0 spiro atoms. The Morgan fingerprint density at radius 2 is 1.96 bits per heavy atom. The molecule has 1 unspecified atom stereocenters. The van der Waals surface area contributed by atoms with Crippen molar-refractivity contribution < 1.29 is 8.42 Å². The molecule has 3 rings (SSSR count). The predicted octanol–water partition coefficient (Wildman–Crippen LogP) is 2.95. The molecule has 0 radical (unpaired) electrons. The van der Waals surface area contributed by atoms with Gasteiger partial charge >= 0.3 is 0 Å². The minimum atomic E-state index is -3.12. The lowest BCUT2D eigenvalue weighted by molar-refractivity contribution is 0.392. The molecule has 1 aromatic carbocycles. The first-order valence-electron chi connectivity index (χ1n) is 9.10. The van der Waals surface area contributed by atoms with E-state index < -0.39 is 10.0 Å². The second-order valence-electron chi connectivity index (χ2n) is 5.92. The highest BCUT2D eigenvalue weighted by Gasteiger charge is 2.25. The topological polar surface area (TPSA) is 67.2 Å². The van der Waals surface area contributed by atoms with Crippen molar-refractivity contribution in [2.75, 3.05) is 19.3 Å². The molecule has 26 heavy (non-hydrogen) atoms. The number of imidazole rings is 1. The minimum absolute atomic E-state index is 0.248. The molecular formula is C19H32N4O2S. The molecule has 0 amide bonds. The van der Waals surface area contributed by atoms with Crippen molar-refractivity contribution in [1.82, 2.24) is 19.2 Å². The average Bonchev–Trinajstić information content (AvgIpc) is 3.02. The van der Waals surface area contributed by atoms with Gasteiger partial charge in [-0.3, -0.25) is 0 Å². The summed E-state index contributed by atoms with van der Waals surface area (Å²) in [7, 11) is -1.19. The maximum atomic E-state index is 11.7. The van der Waals surface area contributed by atoms with Gasteiger partial charge in [0, 0.05) is 38.6 Å². The number of rotatable bonds is 3. The largest absolute Gasteiger partial charge is 0.341 e. The lowest BCUT2D eigenvalue weighted by atomic mass is 9.99. The Labute approximate surface area is 158 Å². The maximum Gasteiger partial charge on any atom is 0.211 e. The van der Waals surface area contributed by atoms with E-state index in [0.717, 1.165) is 18.5 Å². The average molecular weight is 381 g/mol. The van der Waals surface area contributed by atoms with Crippen LogP contribution in [0.1, 0.15) is 44.4 Å². The summed E-state index contributed by atoms with van der Waals surface area (Å²) in [5.74, 6) is 0. The van der Waals surface area contributed by atoms with Crippen molar-refractivity contribution in [2.45, 2.75) is 39.8 Å². The number of benzene rings is 1. The molecule has 0 aliphatic carbocycles. The maximum absolute atomic E-state index is 11.7. The number of hydrogen-bond acceptors (Lipinski definition) is 4. The molecule has 1 atom stereocenters. The van der Waals surface area contributed by atoms with Crippen molar-refractivity contribution in [3.8, 4) is 0 Å². The molecule has 1 aliphatic rings. The van der Waals surface area contributed by atoms with Crippen molar-refractivity contribution >= 4 is 10.0 Å². The van der Waals surface area contributed by atoms with Gasteiger partial charge in [0.15, 0.2) is 0 Å². The van der Waals surface area contributed by atoms with E-state index in [1.807, 2.05) is 49.9 Å². The fraction of sp³-hybridized carbons (Fsp3) is 0.526. The van der Waals surface area contributed by atoms with Gasteiger partial charge in [0.1, 0.15) is 0 Å². The Morgan fingerprint density at radius 3 is 2.46 bits per heavy atom. The zero-order chi connectivity index (χ0) is 19.6. The van der Waals surface area contributed by atoms with Crippen LogP contribution >= 0.6 is 0 Å². The molecule has 146 valence electrons. The van der Waals surface area contributed by atoms with Gasteiger partial charge in [0.25, 0.3) is 0 Å². The number of hydrogen-bond donors (Lipinski definition) is 1. The summed E-state index contributed by atoms with van der Waals surface area (Å²) in [6.07, 6.45) is 7.49. The second-order valence-corrected chi connectivity index (χ2v) is 7.90. The first-order chi connectivity index (χ1) is 12.4. The summed E-state index contributed by atoms with van der Waals surface area (Å²) in [5.41, 5.74) is 2.33. The molecule has 2 aromatic rings. The van der Waals surface area contributed by atoms with Crippen molar-refractivity contribution in [1.29, 1.82) is 0 Å². The molecule has 1 aromatic heterocycles. The van der Waals surface area contributed by atoms with E-state index in [1.54, 1.807) is 16.8 Å². The summed E-state index contributed by atoms with van der Waals surface area (Å²) >= 11 is 0. The standard InChI is InChI=1S/C13H20N2O2S.C4H6N2.C2H6/c1-3-14-13-8-9-15(18(2,16)17)10-11-6-4-5-7-12(11)13;1-6-3-2-5-4-6;1-2/h4-7,13-14H,3,8-10H2,1-2H3;2-4H,1H3;1-2H3. The van der Waals surface area contributed by atoms with Crippen molar-refractivity contribution in [3.63, 3.8) is 0 Å². The molecule has 0 fully saturated rings. The van der Waals surface area contributed by atoms with Gasteiger partial charge in [-0.05, 0) is 24.1 Å². The molecule has 0 saturated carbocycles. The fourth-order valence-corrected chi connectivity index (χ4v) is 3.59. The summed E-state index contributed by atoms with van der Waals surface area (Å²) < 4.78 is 26.9. The molecular weight excluding hydrogens is 348 g/mol. The number of sulfonamides is 1. The molecule has 0 saturated heterocycles. The van der Waals surface area contributed by atoms with E-state index in [2.05, 4.69) is 23.3 Å². The van der Waals surface area contributed by atoms with Crippen LogP contribution in [-0.4, -0.2) is 41.6 Å². The van der Waals surface area contributed by atoms with E-state index >= 15 is 0 Å². The highest BCUT2D eigenvalue weighted by atomic mass is 32.2. The number of nitrogens with zero attached hydrogens (tertiary/aromatic N) is 3. The first kappa shape index (κ1) is 22.3. The van der Waals surface area contributed by atoms with Gasteiger partial charge in [-0.2, -0.15) is 4.31 Å². The normalized spacial score (nSPS) is 17.0. The van der Waals surface area contributed by atoms with Gasteiger partial charge in [-0.1, -0.05) is 45.0 Å². The second kappa shape index (κ2) is 11.1.